The van der Waals surface area contributed by atoms with Crippen molar-refractivity contribution in [2.24, 2.45) is 4.99 Å². The number of aromatic amines is 1. The average Bonchev–Trinajstić information content (AvgIpc) is 3.18. The number of rotatable bonds is 3. The number of nitrogens with zero attached hydrogens (tertiary/aromatic N) is 2. The number of aromatic nitrogens is 2. The van der Waals surface area contributed by atoms with Crippen LogP contribution in [-0.4, -0.2) is 15.8 Å². The molecule has 0 bridgehead atoms. The van der Waals surface area contributed by atoms with Crippen molar-refractivity contribution in [2.75, 3.05) is 0 Å². The maximum absolute atomic E-state index is 11.5. The number of hydrogen-bond donors (Lipinski definition) is 1. The third-order valence-corrected chi connectivity index (χ3v) is 4.80. The van der Waals surface area contributed by atoms with Crippen LogP contribution in [0, 0.1) is 0 Å². The van der Waals surface area contributed by atoms with Gasteiger partial charge in [0.2, 0.25) is 5.55 Å². The van der Waals surface area contributed by atoms with Gasteiger partial charge in [0.05, 0.1) is 22.3 Å². The summed E-state index contributed by atoms with van der Waals surface area (Å²) in [5, 5.41) is 0.967. The van der Waals surface area contributed by atoms with E-state index in [1.54, 1.807) is 19.1 Å². The minimum absolute atomic E-state index is 0.0231. The van der Waals surface area contributed by atoms with Gasteiger partial charge in [0, 0.05) is 10.9 Å². The fourth-order valence-corrected chi connectivity index (χ4v) is 3.29. The van der Waals surface area contributed by atoms with E-state index in [1.807, 2.05) is 66.7 Å². The average molecular weight is 379 g/mol. The van der Waals surface area contributed by atoms with E-state index in [9.17, 15) is 4.79 Å². The van der Waals surface area contributed by atoms with Gasteiger partial charge in [0.1, 0.15) is 11.4 Å². The second-order valence-corrected chi connectivity index (χ2v) is 6.82. The van der Waals surface area contributed by atoms with Crippen molar-refractivity contribution in [3.63, 3.8) is 0 Å². The van der Waals surface area contributed by atoms with Crippen LogP contribution in [0.5, 0.6) is 0 Å². The molecule has 2 aromatic heterocycles. The first-order valence-electron chi connectivity index (χ1n) is 9.31. The molecule has 0 spiro atoms. The Labute approximate surface area is 166 Å². The van der Waals surface area contributed by atoms with Gasteiger partial charge in [-0.25, -0.2) is 9.98 Å². The predicted octanol–water partition coefficient (Wildman–Crippen LogP) is 5.41. The number of Topliss-reactive ketones (excluding diaryl/α,β-unsaturated/α-hetero) is 1. The summed E-state index contributed by atoms with van der Waals surface area (Å²) < 4.78 is 6.13. The van der Waals surface area contributed by atoms with Gasteiger partial charge in [-0.15, -0.1) is 0 Å². The number of ketones is 1. The van der Waals surface area contributed by atoms with Crippen molar-refractivity contribution in [3.05, 3.63) is 90.0 Å². The van der Waals surface area contributed by atoms with Gasteiger partial charge >= 0.3 is 0 Å². The van der Waals surface area contributed by atoms with E-state index in [2.05, 4.69) is 4.98 Å². The van der Waals surface area contributed by atoms with Crippen LogP contribution in [0.3, 0.4) is 0 Å². The van der Waals surface area contributed by atoms with E-state index < -0.39 is 0 Å². The molecule has 0 aliphatic heterocycles. The summed E-state index contributed by atoms with van der Waals surface area (Å²) in [4.78, 5) is 24.3. The third-order valence-electron chi connectivity index (χ3n) is 4.80. The highest BCUT2D eigenvalue weighted by atomic mass is 16.3. The summed E-state index contributed by atoms with van der Waals surface area (Å²) in [5.41, 5.74) is 5.16. The Kier molecular flexibility index (Phi) is 4.06. The molecule has 2 heterocycles. The van der Waals surface area contributed by atoms with E-state index in [-0.39, 0.29) is 5.78 Å². The van der Waals surface area contributed by atoms with Crippen molar-refractivity contribution in [3.8, 4) is 11.4 Å². The molecule has 0 atom stereocenters. The van der Waals surface area contributed by atoms with Crippen LogP contribution in [0.15, 0.2) is 88.3 Å². The van der Waals surface area contributed by atoms with Crippen LogP contribution in [0.2, 0.25) is 0 Å². The number of hydrogen-bond acceptors (Lipinski definition) is 4. The molecular formula is C24H17N3O2. The highest BCUT2D eigenvalue weighted by molar-refractivity contribution is 5.94. The molecule has 0 aliphatic rings. The Bertz CT molecular complexity index is 1390. The molecule has 3 aromatic carbocycles. The molecule has 5 heteroatoms. The van der Waals surface area contributed by atoms with Crippen LogP contribution in [-0.2, 0) is 0 Å². The fraction of sp³-hybridized carbons (Fsp3) is 0.0417. The van der Waals surface area contributed by atoms with Gasteiger partial charge in [-0.1, -0.05) is 30.3 Å². The molecule has 0 radical (unpaired) electrons. The highest BCUT2D eigenvalue weighted by Crippen LogP contribution is 2.23. The van der Waals surface area contributed by atoms with E-state index in [1.165, 1.54) is 0 Å². The predicted molar refractivity (Wildman–Crippen MR) is 113 cm³/mol. The first-order valence-corrected chi connectivity index (χ1v) is 9.31. The quantitative estimate of drug-likeness (QED) is 0.426. The zero-order chi connectivity index (χ0) is 19.8. The summed E-state index contributed by atoms with van der Waals surface area (Å²) in [7, 11) is 0. The number of fused-ring (bicyclic) bond motifs is 2. The lowest BCUT2D eigenvalue weighted by atomic mass is 10.1. The van der Waals surface area contributed by atoms with Gasteiger partial charge in [-0.05, 0) is 55.5 Å². The van der Waals surface area contributed by atoms with Crippen LogP contribution in [0.4, 0.5) is 5.69 Å². The molecule has 0 amide bonds. The van der Waals surface area contributed by atoms with Crippen molar-refractivity contribution < 1.29 is 9.21 Å². The summed E-state index contributed by atoms with van der Waals surface area (Å²) in [6.07, 6.45) is 0. The van der Waals surface area contributed by atoms with Gasteiger partial charge in [-0.3, -0.25) is 4.79 Å². The highest BCUT2D eigenvalue weighted by Gasteiger charge is 2.11. The number of H-pyrrole nitrogens is 1. The number of imidazole rings is 1. The number of carbonyl (C=O) groups excluding carboxylic acids is 1. The second-order valence-electron chi connectivity index (χ2n) is 6.82. The van der Waals surface area contributed by atoms with Crippen molar-refractivity contribution in [1.82, 2.24) is 9.97 Å². The third kappa shape index (κ3) is 3.23. The summed E-state index contributed by atoms with van der Waals surface area (Å²) in [6.45, 7) is 1.55. The second kappa shape index (κ2) is 6.87. The Morgan fingerprint density at radius 2 is 1.72 bits per heavy atom. The van der Waals surface area contributed by atoms with Crippen LogP contribution in [0.1, 0.15) is 17.3 Å². The molecule has 0 fully saturated rings. The normalized spacial score (nSPS) is 12.0. The van der Waals surface area contributed by atoms with Crippen molar-refractivity contribution in [1.29, 1.82) is 0 Å². The Morgan fingerprint density at radius 3 is 2.52 bits per heavy atom. The first kappa shape index (κ1) is 17.1. The van der Waals surface area contributed by atoms with E-state index in [0.717, 1.165) is 27.6 Å². The van der Waals surface area contributed by atoms with Gasteiger partial charge in [-0.2, -0.15) is 0 Å². The maximum Gasteiger partial charge on any atom is 0.230 e. The molecule has 0 saturated carbocycles. The molecule has 5 rings (SSSR count). The molecule has 1 N–H and O–H groups in total. The molecule has 5 aromatic rings. The standard InChI is InChI=1S/C24H17N3O2/c1-15(28)16-10-12-18(13-11-16)25-24-19(14-17-6-2-5-9-22(17)29-24)23-26-20-7-3-4-8-21(20)27-23/h2-14H,1H3,(H,26,27). The van der Waals surface area contributed by atoms with E-state index >= 15 is 0 Å². The molecule has 5 nitrogen and oxygen atoms in total. The minimum Gasteiger partial charge on any atom is -0.438 e. The largest absolute Gasteiger partial charge is 0.438 e. The van der Waals surface area contributed by atoms with Crippen molar-refractivity contribution in [2.45, 2.75) is 6.92 Å². The van der Waals surface area contributed by atoms with Gasteiger partial charge in [0.15, 0.2) is 5.78 Å². The van der Waals surface area contributed by atoms with Crippen LogP contribution >= 0.6 is 0 Å². The van der Waals surface area contributed by atoms with Gasteiger partial charge in [0.25, 0.3) is 0 Å². The van der Waals surface area contributed by atoms with E-state index in [4.69, 9.17) is 14.4 Å². The van der Waals surface area contributed by atoms with Crippen LogP contribution in [0.25, 0.3) is 33.4 Å². The Balaban J connectivity index is 1.74. The molecule has 29 heavy (non-hydrogen) atoms. The fourth-order valence-electron chi connectivity index (χ4n) is 3.29. The zero-order valence-corrected chi connectivity index (χ0v) is 15.7. The summed E-state index contributed by atoms with van der Waals surface area (Å²) >= 11 is 0. The lowest BCUT2D eigenvalue weighted by Gasteiger charge is -2.03. The first-order chi connectivity index (χ1) is 14.2. The number of benzene rings is 3. The SMILES string of the molecule is CC(=O)c1ccc(N=c2oc3ccccc3cc2-c2nc3ccccc3[nH]2)cc1. The lowest BCUT2D eigenvalue weighted by molar-refractivity contribution is 0.101. The zero-order valence-electron chi connectivity index (χ0n) is 15.7. The number of carbonyl (C=O) groups is 1. The number of nitrogens with one attached hydrogen (secondary N) is 1. The molecule has 140 valence electrons. The van der Waals surface area contributed by atoms with Gasteiger partial charge < -0.3 is 9.40 Å². The Morgan fingerprint density at radius 1 is 0.966 bits per heavy atom. The summed E-state index contributed by atoms with van der Waals surface area (Å²) in [6, 6.07) is 24.9. The molecular weight excluding hydrogens is 362 g/mol. The Hall–Kier alpha value is -3.99. The topological polar surface area (TPSA) is 71.2 Å². The molecule has 0 aliphatic carbocycles. The minimum atomic E-state index is 0.0231. The maximum atomic E-state index is 11.5. The smallest absolute Gasteiger partial charge is 0.230 e. The summed E-state index contributed by atoms with van der Waals surface area (Å²) in [5.74, 6) is 0.717. The molecule has 0 unspecified atom stereocenters. The molecule has 0 saturated heterocycles. The monoisotopic (exact) mass is 379 g/mol. The van der Waals surface area contributed by atoms with Crippen LogP contribution < -0.4 is 5.55 Å². The van der Waals surface area contributed by atoms with E-state index in [0.29, 0.717) is 22.6 Å². The number of para-hydroxylation sites is 3. The van der Waals surface area contributed by atoms with Crippen molar-refractivity contribution >= 4 is 33.5 Å². The lowest BCUT2D eigenvalue weighted by Crippen LogP contribution is -2.06.